The maximum atomic E-state index is 12.2. The van der Waals surface area contributed by atoms with Crippen LogP contribution in [0.3, 0.4) is 0 Å². The van der Waals surface area contributed by atoms with E-state index in [1.165, 1.54) is 9.42 Å². The van der Waals surface area contributed by atoms with E-state index in [4.69, 9.17) is 5.11 Å². The van der Waals surface area contributed by atoms with Crippen molar-refractivity contribution >= 4 is 17.7 Å². The van der Waals surface area contributed by atoms with E-state index in [0.29, 0.717) is 12.3 Å². The summed E-state index contributed by atoms with van der Waals surface area (Å²) in [5.74, 6) is -0.961. The normalized spacial score (nSPS) is 10.7. The number of amides is 1. The Kier molecular flexibility index (Phi) is 3.92. The van der Waals surface area contributed by atoms with Crippen LogP contribution in [0.5, 0.6) is 0 Å². The van der Waals surface area contributed by atoms with E-state index in [2.05, 4.69) is 15.1 Å². The number of nitrogens with zero attached hydrogens (tertiary/aromatic N) is 5. The summed E-state index contributed by atoms with van der Waals surface area (Å²) in [6.45, 7) is 4.14. The molecule has 1 amide bonds. The van der Waals surface area contributed by atoms with Gasteiger partial charge in [0.1, 0.15) is 0 Å². The number of aliphatic carboxylic acids is 1. The number of hydrogen-bond acceptors (Lipinski definition) is 5. The molecule has 20 heavy (non-hydrogen) atoms. The number of aryl methyl sites for hydroxylation is 1. The fourth-order valence-corrected chi connectivity index (χ4v) is 1.77. The number of aromatic nitrogens is 4. The zero-order chi connectivity index (χ0) is 14.7. The molecule has 0 unspecified atom stereocenters. The Morgan fingerprint density at radius 1 is 1.45 bits per heavy atom. The molecule has 8 nitrogen and oxygen atoms in total. The molecule has 0 saturated carbocycles. The minimum Gasteiger partial charge on any atom is -0.481 e. The summed E-state index contributed by atoms with van der Waals surface area (Å²) in [6.07, 6.45) is 1.49. The molecule has 1 N–H and O–H groups in total. The van der Waals surface area contributed by atoms with Crippen LogP contribution in [0.4, 0.5) is 0 Å². The van der Waals surface area contributed by atoms with Gasteiger partial charge in [-0.25, -0.2) is 9.50 Å². The van der Waals surface area contributed by atoms with Crippen molar-refractivity contribution in [1.29, 1.82) is 0 Å². The average Bonchev–Trinajstić information content (AvgIpc) is 2.84. The number of carboxylic acids is 1. The largest absolute Gasteiger partial charge is 0.481 e. The van der Waals surface area contributed by atoms with Crippen molar-refractivity contribution in [1.82, 2.24) is 24.5 Å². The van der Waals surface area contributed by atoms with Crippen molar-refractivity contribution in [3.8, 4) is 0 Å². The molecular formula is C12H15N5O3. The van der Waals surface area contributed by atoms with Gasteiger partial charge in [0, 0.05) is 25.0 Å². The molecule has 106 valence electrons. The molecule has 0 atom stereocenters. The first-order valence-corrected chi connectivity index (χ1v) is 6.22. The van der Waals surface area contributed by atoms with Gasteiger partial charge in [0.05, 0.1) is 6.42 Å². The van der Waals surface area contributed by atoms with Gasteiger partial charge >= 0.3 is 5.97 Å². The van der Waals surface area contributed by atoms with Crippen molar-refractivity contribution in [3.05, 3.63) is 23.8 Å². The van der Waals surface area contributed by atoms with E-state index in [1.54, 1.807) is 19.2 Å². The molecule has 0 saturated heterocycles. The van der Waals surface area contributed by atoms with Gasteiger partial charge in [-0.15, -0.1) is 5.10 Å². The summed E-state index contributed by atoms with van der Waals surface area (Å²) < 4.78 is 1.48. The van der Waals surface area contributed by atoms with Gasteiger partial charge in [-0.3, -0.25) is 9.59 Å². The van der Waals surface area contributed by atoms with Crippen LogP contribution in [0.15, 0.2) is 12.3 Å². The maximum Gasteiger partial charge on any atom is 0.305 e. The van der Waals surface area contributed by atoms with Crippen molar-refractivity contribution in [2.75, 3.05) is 13.1 Å². The third-order valence-electron chi connectivity index (χ3n) is 2.89. The third-order valence-corrected chi connectivity index (χ3v) is 2.89. The SMILES string of the molecule is CCN(CCC(=O)O)C(=O)c1nc2nccc(C)n2n1. The second-order valence-corrected chi connectivity index (χ2v) is 4.26. The second kappa shape index (κ2) is 5.64. The van der Waals surface area contributed by atoms with Crippen LogP contribution in [0.1, 0.15) is 29.7 Å². The summed E-state index contributed by atoms with van der Waals surface area (Å²) in [5.41, 5.74) is 0.815. The van der Waals surface area contributed by atoms with Gasteiger partial charge in [-0.1, -0.05) is 0 Å². The zero-order valence-corrected chi connectivity index (χ0v) is 11.3. The van der Waals surface area contributed by atoms with E-state index in [9.17, 15) is 9.59 Å². The van der Waals surface area contributed by atoms with Crippen LogP contribution in [-0.2, 0) is 4.79 Å². The summed E-state index contributed by atoms with van der Waals surface area (Å²) in [4.78, 5) is 32.3. The van der Waals surface area contributed by atoms with Crippen LogP contribution in [-0.4, -0.2) is 54.6 Å². The molecule has 0 aliphatic rings. The highest BCUT2D eigenvalue weighted by Crippen LogP contribution is 2.05. The number of carbonyl (C=O) groups is 2. The van der Waals surface area contributed by atoms with E-state index in [-0.39, 0.29) is 18.8 Å². The molecule has 0 fully saturated rings. The van der Waals surface area contributed by atoms with Crippen molar-refractivity contribution in [2.45, 2.75) is 20.3 Å². The maximum absolute atomic E-state index is 12.2. The molecular weight excluding hydrogens is 262 g/mol. The molecule has 0 aliphatic carbocycles. The lowest BCUT2D eigenvalue weighted by Gasteiger charge is -2.17. The summed E-state index contributed by atoms with van der Waals surface area (Å²) in [5, 5.41) is 12.8. The molecule has 0 bridgehead atoms. The molecule has 8 heteroatoms. The Hall–Kier alpha value is -2.51. The van der Waals surface area contributed by atoms with Crippen molar-refractivity contribution < 1.29 is 14.7 Å². The topological polar surface area (TPSA) is 101 Å². The Balaban J connectivity index is 2.25. The highest BCUT2D eigenvalue weighted by Gasteiger charge is 2.20. The Morgan fingerprint density at radius 2 is 2.20 bits per heavy atom. The molecule has 0 aromatic carbocycles. The van der Waals surface area contributed by atoms with Crippen molar-refractivity contribution in [3.63, 3.8) is 0 Å². The number of carboxylic acid groups (broad SMARTS) is 1. The molecule has 2 aromatic rings. The van der Waals surface area contributed by atoms with Crippen LogP contribution < -0.4 is 0 Å². The van der Waals surface area contributed by atoms with Gasteiger partial charge in [0.15, 0.2) is 0 Å². The van der Waals surface area contributed by atoms with Gasteiger partial charge in [-0.2, -0.15) is 4.98 Å². The third kappa shape index (κ3) is 2.73. The van der Waals surface area contributed by atoms with Gasteiger partial charge in [-0.05, 0) is 19.9 Å². The number of carbonyl (C=O) groups excluding carboxylic acids is 1. The Bertz CT molecular complexity index is 652. The molecule has 0 spiro atoms. The fraction of sp³-hybridized carbons (Fsp3) is 0.417. The summed E-state index contributed by atoms with van der Waals surface area (Å²) >= 11 is 0. The minimum atomic E-state index is -0.947. The van der Waals surface area contributed by atoms with Crippen LogP contribution in [0.2, 0.25) is 0 Å². The summed E-state index contributed by atoms with van der Waals surface area (Å²) in [6, 6.07) is 1.76. The van der Waals surface area contributed by atoms with Gasteiger partial charge in [0.25, 0.3) is 11.7 Å². The number of rotatable bonds is 5. The summed E-state index contributed by atoms with van der Waals surface area (Å²) in [7, 11) is 0. The second-order valence-electron chi connectivity index (χ2n) is 4.26. The lowest BCUT2D eigenvalue weighted by atomic mass is 10.3. The first kappa shape index (κ1) is 13.9. The standard InChI is InChI=1S/C12H15N5O3/c1-3-16(7-5-9(18)19)11(20)10-14-12-13-6-4-8(2)17(12)15-10/h4,6H,3,5,7H2,1-2H3,(H,18,19). The highest BCUT2D eigenvalue weighted by atomic mass is 16.4. The zero-order valence-electron chi connectivity index (χ0n) is 11.3. The molecule has 0 aliphatic heterocycles. The lowest BCUT2D eigenvalue weighted by molar-refractivity contribution is -0.137. The van der Waals surface area contributed by atoms with Crippen LogP contribution in [0, 0.1) is 6.92 Å². The first-order valence-electron chi connectivity index (χ1n) is 6.22. The van der Waals surface area contributed by atoms with Crippen molar-refractivity contribution in [2.24, 2.45) is 0 Å². The van der Waals surface area contributed by atoms with Crippen LogP contribution >= 0.6 is 0 Å². The van der Waals surface area contributed by atoms with Gasteiger partial charge in [0.2, 0.25) is 5.82 Å². The van der Waals surface area contributed by atoms with E-state index >= 15 is 0 Å². The minimum absolute atomic E-state index is 0.0269. The first-order chi connectivity index (χ1) is 9.52. The molecule has 2 rings (SSSR count). The van der Waals surface area contributed by atoms with Crippen LogP contribution in [0.25, 0.3) is 5.78 Å². The fourth-order valence-electron chi connectivity index (χ4n) is 1.77. The highest BCUT2D eigenvalue weighted by molar-refractivity contribution is 5.91. The Labute approximate surface area is 115 Å². The lowest BCUT2D eigenvalue weighted by Crippen LogP contribution is -2.33. The van der Waals surface area contributed by atoms with Gasteiger partial charge < -0.3 is 10.0 Å². The number of fused-ring (bicyclic) bond motifs is 1. The van der Waals surface area contributed by atoms with E-state index in [0.717, 1.165) is 5.69 Å². The monoisotopic (exact) mass is 277 g/mol. The average molecular weight is 277 g/mol. The predicted molar refractivity (Wildman–Crippen MR) is 69.3 cm³/mol. The number of hydrogen-bond donors (Lipinski definition) is 1. The molecule has 2 heterocycles. The smallest absolute Gasteiger partial charge is 0.305 e. The van der Waals surface area contributed by atoms with E-state index in [1.807, 2.05) is 6.92 Å². The van der Waals surface area contributed by atoms with E-state index < -0.39 is 11.9 Å². The quantitative estimate of drug-likeness (QED) is 0.847. The predicted octanol–water partition coefficient (Wildman–Crippen LogP) is 0.370. The molecule has 0 radical (unpaired) electrons. The Morgan fingerprint density at radius 3 is 2.80 bits per heavy atom. The molecule has 2 aromatic heterocycles.